The first-order valence-corrected chi connectivity index (χ1v) is 16.9. The summed E-state index contributed by atoms with van der Waals surface area (Å²) in [5, 5.41) is 11.2. The number of halogens is 2. The highest BCUT2D eigenvalue weighted by molar-refractivity contribution is 6.30. The van der Waals surface area contributed by atoms with E-state index < -0.39 is 6.10 Å². The molecule has 0 aliphatic rings. The lowest BCUT2D eigenvalue weighted by atomic mass is 10.0. The minimum Gasteiger partial charge on any atom is -0.389 e. The maximum absolute atomic E-state index is 9.79. The van der Waals surface area contributed by atoms with Gasteiger partial charge in [-0.1, -0.05) is 83.9 Å². The van der Waals surface area contributed by atoms with Crippen molar-refractivity contribution in [1.82, 2.24) is 18.8 Å². The number of nitrogens with zero attached hydrogens (tertiary/aromatic N) is 4. The lowest BCUT2D eigenvalue weighted by Crippen LogP contribution is -1.91. The molecule has 0 saturated carbocycles. The number of pyridine rings is 2. The third kappa shape index (κ3) is 7.49. The summed E-state index contributed by atoms with van der Waals surface area (Å²) in [5.41, 5.74) is 12.3. The quantitative estimate of drug-likeness (QED) is 0.180. The van der Waals surface area contributed by atoms with E-state index in [9.17, 15) is 5.11 Å². The van der Waals surface area contributed by atoms with Crippen LogP contribution in [0.5, 0.6) is 0 Å². The van der Waals surface area contributed by atoms with E-state index in [4.69, 9.17) is 32.9 Å². The van der Waals surface area contributed by atoms with Crippen LogP contribution in [0.25, 0.3) is 56.1 Å². The number of aromatic nitrogens is 4. The molecule has 8 heteroatoms. The van der Waals surface area contributed by atoms with Crippen LogP contribution in [0.1, 0.15) is 24.2 Å². The van der Waals surface area contributed by atoms with Gasteiger partial charge in [-0.05, 0) is 101 Å². The molecule has 0 aliphatic carbocycles. The van der Waals surface area contributed by atoms with E-state index in [-0.39, 0.29) is 0 Å². The van der Waals surface area contributed by atoms with Gasteiger partial charge in [0.2, 0.25) is 0 Å². The predicted octanol–water partition coefficient (Wildman–Crippen LogP) is 10.8. The molecule has 0 spiro atoms. The van der Waals surface area contributed by atoms with Crippen molar-refractivity contribution < 1.29 is 9.84 Å². The zero-order valence-corrected chi connectivity index (χ0v) is 29.1. The molecule has 8 rings (SSSR count). The smallest absolute Gasteiger partial charge is 0.137 e. The second kappa shape index (κ2) is 14.7. The second-order valence-electron chi connectivity index (χ2n) is 12.1. The summed E-state index contributed by atoms with van der Waals surface area (Å²) >= 11 is 11.9. The van der Waals surface area contributed by atoms with E-state index in [1.54, 1.807) is 14.0 Å². The molecule has 0 radical (unpaired) electrons. The SMILES string of the molecule is CC(O)c1cccc(-c2ccc3nc(-c4ccc(Cl)cc4)cn3c2)c1.COCc1cccc(-c2ccc3nc(-c4ccc(Cl)cc4)cn3c2)c1. The molecule has 1 N–H and O–H groups in total. The molecule has 0 saturated heterocycles. The molecule has 0 amide bonds. The molecular formula is C42H34Cl2N4O2. The number of aliphatic hydroxyl groups is 1. The third-order valence-electron chi connectivity index (χ3n) is 8.46. The van der Waals surface area contributed by atoms with Gasteiger partial charge in [-0.25, -0.2) is 9.97 Å². The first-order valence-electron chi connectivity index (χ1n) is 16.2. The van der Waals surface area contributed by atoms with E-state index in [0.717, 1.165) is 72.2 Å². The highest BCUT2D eigenvalue weighted by atomic mass is 35.5. The maximum atomic E-state index is 9.79. The lowest BCUT2D eigenvalue weighted by Gasteiger charge is -2.08. The average Bonchev–Trinajstić information content (AvgIpc) is 3.77. The van der Waals surface area contributed by atoms with Crippen molar-refractivity contribution in [2.24, 2.45) is 0 Å². The number of benzene rings is 4. The number of imidazole rings is 2. The molecule has 0 bridgehead atoms. The summed E-state index contributed by atoms with van der Waals surface area (Å²) in [6.07, 6.45) is 7.74. The topological polar surface area (TPSA) is 64.1 Å². The van der Waals surface area contributed by atoms with E-state index >= 15 is 0 Å². The van der Waals surface area contributed by atoms with Gasteiger partial charge in [0, 0.05) is 53.1 Å². The van der Waals surface area contributed by atoms with Crippen LogP contribution in [0.4, 0.5) is 0 Å². The van der Waals surface area contributed by atoms with Crippen LogP contribution in [0.3, 0.4) is 0 Å². The first-order chi connectivity index (χ1) is 24.3. The molecule has 0 fully saturated rings. The Morgan fingerprint density at radius 2 is 1.06 bits per heavy atom. The van der Waals surface area contributed by atoms with Gasteiger partial charge >= 0.3 is 0 Å². The first kappa shape index (κ1) is 33.3. The van der Waals surface area contributed by atoms with Gasteiger partial charge in [-0.15, -0.1) is 0 Å². The Morgan fingerprint density at radius 1 is 0.580 bits per heavy atom. The number of aliphatic hydroxyl groups excluding tert-OH is 1. The molecule has 8 aromatic rings. The lowest BCUT2D eigenvalue weighted by molar-refractivity contribution is 0.185. The van der Waals surface area contributed by atoms with Crippen LogP contribution < -0.4 is 0 Å². The Morgan fingerprint density at radius 3 is 1.56 bits per heavy atom. The summed E-state index contributed by atoms with van der Waals surface area (Å²) in [6.45, 7) is 2.39. The van der Waals surface area contributed by atoms with E-state index in [1.165, 1.54) is 0 Å². The monoisotopic (exact) mass is 696 g/mol. The van der Waals surface area contributed by atoms with Crippen LogP contribution in [0, 0.1) is 0 Å². The Balaban J connectivity index is 0.000000157. The fourth-order valence-corrected chi connectivity index (χ4v) is 6.08. The number of rotatable bonds is 7. The van der Waals surface area contributed by atoms with Crippen LogP contribution in [-0.4, -0.2) is 31.0 Å². The summed E-state index contributed by atoms with van der Waals surface area (Å²) in [4.78, 5) is 9.37. The van der Waals surface area contributed by atoms with E-state index in [0.29, 0.717) is 11.6 Å². The number of ether oxygens (including phenoxy) is 1. The van der Waals surface area contributed by atoms with Crippen LogP contribution in [0.2, 0.25) is 10.0 Å². The second-order valence-corrected chi connectivity index (χ2v) is 12.9. The number of hydrogen-bond donors (Lipinski definition) is 1. The number of fused-ring (bicyclic) bond motifs is 2. The molecule has 50 heavy (non-hydrogen) atoms. The molecule has 4 aromatic carbocycles. The highest BCUT2D eigenvalue weighted by Crippen LogP contribution is 2.27. The maximum Gasteiger partial charge on any atom is 0.137 e. The van der Waals surface area contributed by atoms with Gasteiger partial charge < -0.3 is 18.6 Å². The van der Waals surface area contributed by atoms with Crippen LogP contribution in [-0.2, 0) is 11.3 Å². The van der Waals surface area contributed by atoms with E-state index in [2.05, 4.69) is 58.2 Å². The van der Waals surface area contributed by atoms with Gasteiger partial charge in [-0.3, -0.25) is 0 Å². The van der Waals surface area contributed by atoms with Crippen molar-refractivity contribution in [3.05, 3.63) is 167 Å². The Kier molecular flexibility index (Phi) is 9.78. The molecule has 248 valence electrons. The zero-order valence-electron chi connectivity index (χ0n) is 27.5. The average molecular weight is 698 g/mol. The number of methoxy groups -OCH3 is 1. The van der Waals surface area contributed by atoms with Crippen molar-refractivity contribution in [2.45, 2.75) is 19.6 Å². The fourth-order valence-electron chi connectivity index (χ4n) is 5.83. The third-order valence-corrected chi connectivity index (χ3v) is 8.96. The van der Waals surface area contributed by atoms with Crippen molar-refractivity contribution in [3.8, 4) is 44.8 Å². The normalized spacial score (nSPS) is 11.8. The van der Waals surface area contributed by atoms with Gasteiger partial charge in [0.1, 0.15) is 11.3 Å². The molecule has 4 aromatic heterocycles. The molecule has 1 unspecified atom stereocenters. The largest absolute Gasteiger partial charge is 0.389 e. The fraction of sp³-hybridized carbons (Fsp3) is 0.0952. The molecule has 0 aliphatic heterocycles. The zero-order chi connectivity index (χ0) is 34.6. The van der Waals surface area contributed by atoms with Gasteiger partial charge in [0.25, 0.3) is 0 Å². The number of hydrogen-bond acceptors (Lipinski definition) is 4. The van der Waals surface area contributed by atoms with Crippen molar-refractivity contribution >= 4 is 34.5 Å². The minimum atomic E-state index is -0.478. The summed E-state index contributed by atoms with van der Waals surface area (Å²) in [6, 6.07) is 40.0. The standard InChI is InChI=1S/2C21H17ClN2O/c1-25-14-15-3-2-4-17(11-15)18-7-10-21-23-20(13-24(21)12-18)16-5-8-19(22)9-6-16;1-14(25)16-3-2-4-17(11-16)18-7-10-21-23-20(13-24(21)12-18)15-5-8-19(22)9-6-15/h2-13H,14H2,1H3;2-14,25H,1H3. The molecular weight excluding hydrogens is 663 g/mol. The van der Waals surface area contributed by atoms with Crippen LogP contribution >= 0.6 is 23.2 Å². The van der Waals surface area contributed by atoms with Gasteiger partial charge in [0.05, 0.1) is 24.1 Å². The Labute approximate surface area is 300 Å². The molecule has 4 heterocycles. The highest BCUT2D eigenvalue weighted by Gasteiger charge is 2.09. The summed E-state index contributed by atoms with van der Waals surface area (Å²) in [5.74, 6) is 0. The molecule has 1 atom stereocenters. The van der Waals surface area contributed by atoms with Gasteiger partial charge in [-0.2, -0.15) is 0 Å². The molecule has 6 nitrogen and oxygen atoms in total. The summed E-state index contributed by atoms with van der Waals surface area (Å²) < 4.78 is 9.31. The van der Waals surface area contributed by atoms with E-state index in [1.807, 2.05) is 102 Å². The Bertz CT molecular complexity index is 2400. The Hall–Kier alpha value is -5.24. The predicted molar refractivity (Wildman–Crippen MR) is 203 cm³/mol. The minimum absolute atomic E-state index is 0.478. The van der Waals surface area contributed by atoms with Crippen LogP contribution in [0.15, 0.2) is 146 Å². The van der Waals surface area contributed by atoms with Gasteiger partial charge in [0.15, 0.2) is 0 Å². The van der Waals surface area contributed by atoms with Crippen molar-refractivity contribution in [2.75, 3.05) is 7.11 Å². The van der Waals surface area contributed by atoms with Crippen molar-refractivity contribution in [1.29, 1.82) is 0 Å². The summed E-state index contributed by atoms with van der Waals surface area (Å²) in [7, 11) is 1.71. The van der Waals surface area contributed by atoms with Crippen molar-refractivity contribution in [3.63, 3.8) is 0 Å².